The monoisotopic (exact) mass is 299 g/mol. The van der Waals surface area contributed by atoms with Gasteiger partial charge in [-0.3, -0.25) is 14.3 Å². The van der Waals surface area contributed by atoms with Crippen molar-refractivity contribution in [3.05, 3.63) is 28.3 Å². The van der Waals surface area contributed by atoms with Crippen molar-refractivity contribution >= 4 is 27.9 Å². The number of nitrogens with zero attached hydrogens (tertiary/aromatic N) is 1. The summed E-state index contributed by atoms with van der Waals surface area (Å²) in [6.07, 6.45) is 2.51. The summed E-state index contributed by atoms with van der Waals surface area (Å²) < 4.78 is 11.3. The van der Waals surface area contributed by atoms with Crippen LogP contribution >= 0.6 is 0 Å². The molecule has 0 saturated heterocycles. The van der Waals surface area contributed by atoms with Gasteiger partial charge in [0.25, 0.3) is 0 Å². The molecular weight excluding hydrogens is 278 g/mol. The molecule has 0 fully saturated rings. The summed E-state index contributed by atoms with van der Waals surface area (Å²) in [6, 6.07) is 5.13. The number of rotatable bonds is 8. The number of para-hydroxylation sites is 1. The Morgan fingerprint density at radius 1 is 1.35 bits per heavy atom. The van der Waals surface area contributed by atoms with Gasteiger partial charge in [0.2, 0.25) is 0 Å². The van der Waals surface area contributed by atoms with Gasteiger partial charge in [0.15, 0.2) is 0 Å². The van der Waals surface area contributed by atoms with E-state index in [-0.39, 0.29) is 10.9 Å². The number of nitro groups is 1. The summed E-state index contributed by atoms with van der Waals surface area (Å²) in [5, 5.41) is 17.3. The summed E-state index contributed by atoms with van der Waals surface area (Å²) in [4.78, 5) is 10.9. The second-order valence-corrected chi connectivity index (χ2v) is 6.38. The summed E-state index contributed by atoms with van der Waals surface area (Å²) in [7, 11) is -0.959. The van der Waals surface area contributed by atoms with E-state index in [1.54, 1.807) is 24.5 Å². The third-order valence-electron chi connectivity index (χ3n) is 2.93. The Morgan fingerprint density at radius 2 is 1.95 bits per heavy atom. The van der Waals surface area contributed by atoms with Crippen LogP contribution in [0.4, 0.5) is 17.1 Å². The molecule has 2 unspecified atom stereocenters. The molecule has 0 aliphatic rings. The second kappa shape index (κ2) is 7.84. The number of nitro benzene ring substituents is 1. The van der Waals surface area contributed by atoms with Crippen LogP contribution in [0, 0.1) is 10.1 Å². The van der Waals surface area contributed by atoms with Crippen LogP contribution in [0.1, 0.15) is 20.3 Å². The minimum Gasteiger partial charge on any atom is -0.379 e. The van der Waals surface area contributed by atoms with Gasteiger partial charge in [-0.15, -0.1) is 0 Å². The zero-order valence-electron chi connectivity index (χ0n) is 12.0. The van der Waals surface area contributed by atoms with Crippen molar-refractivity contribution in [2.24, 2.45) is 0 Å². The van der Waals surface area contributed by atoms with Crippen molar-refractivity contribution in [2.75, 3.05) is 30.0 Å². The first-order valence-electron chi connectivity index (χ1n) is 6.54. The van der Waals surface area contributed by atoms with Crippen LogP contribution in [0.15, 0.2) is 18.2 Å². The molecule has 0 bridgehead atoms. The molecule has 0 aromatic heterocycles. The molecule has 0 saturated carbocycles. The van der Waals surface area contributed by atoms with Gasteiger partial charge in [-0.25, -0.2) is 0 Å². The third-order valence-corrected chi connectivity index (χ3v) is 4.23. The Morgan fingerprint density at radius 3 is 2.45 bits per heavy atom. The highest BCUT2D eigenvalue weighted by molar-refractivity contribution is 7.84. The molecule has 0 spiro atoms. The van der Waals surface area contributed by atoms with Gasteiger partial charge in [0, 0.05) is 35.4 Å². The van der Waals surface area contributed by atoms with Crippen LogP contribution in [0.3, 0.4) is 0 Å². The van der Waals surface area contributed by atoms with Crippen molar-refractivity contribution in [1.29, 1.82) is 0 Å². The predicted molar refractivity (Wildman–Crippen MR) is 83.9 cm³/mol. The molecule has 0 heterocycles. The van der Waals surface area contributed by atoms with E-state index >= 15 is 0 Å². The minimum atomic E-state index is -0.959. The van der Waals surface area contributed by atoms with E-state index in [1.165, 1.54) is 0 Å². The lowest BCUT2D eigenvalue weighted by molar-refractivity contribution is -0.383. The molecule has 20 heavy (non-hydrogen) atoms. The topological polar surface area (TPSA) is 84.3 Å². The molecule has 0 radical (unpaired) electrons. The average molecular weight is 299 g/mol. The highest BCUT2D eigenvalue weighted by atomic mass is 32.2. The standard InChI is InChI=1S/C13H21N3O3S/c1-4-8-14-11-6-5-7-12(13(11)16(17)18)15-9-10(2)20(3)19/h5-7,10,14-15H,4,8-9H2,1-3H3. The molecule has 0 aliphatic heterocycles. The number of hydrogen-bond acceptors (Lipinski definition) is 5. The number of hydrogen-bond donors (Lipinski definition) is 2. The maximum Gasteiger partial charge on any atom is 0.315 e. The van der Waals surface area contributed by atoms with E-state index in [2.05, 4.69) is 10.6 Å². The molecule has 2 N–H and O–H groups in total. The van der Waals surface area contributed by atoms with Crippen molar-refractivity contribution in [2.45, 2.75) is 25.5 Å². The summed E-state index contributed by atoms with van der Waals surface area (Å²) in [6.45, 7) is 4.95. The maximum absolute atomic E-state index is 11.3. The smallest absolute Gasteiger partial charge is 0.315 e. The van der Waals surface area contributed by atoms with Crippen molar-refractivity contribution in [1.82, 2.24) is 0 Å². The lowest BCUT2D eigenvalue weighted by Gasteiger charge is -2.13. The van der Waals surface area contributed by atoms with Gasteiger partial charge in [0.1, 0.15) is 11.4 Å². The minimum absolute atomic E-state index is 0.0371. The zero-order valence-corrected chi connectivity index (χ0v) is 12.8. The van der Waals surface area contributed by atoms with Crippen LogP contribution < -0.4 is 10.6 Å². The molecule has 1 aromatic rings. The normalized spacial score (nSPS) is 13.6. The molecule has 1 aromatic carbocycles. The van der Waals surface area contributed by atoms with Crippen molar-refractivity contribution in [3.63, 3.8) is 0 Å². The summed E-state index contributed by atoms with van der Waals surface area (Å²) >= 11 is 0. The fraction of sp³-hybridized carbons (Fsp3) is 0.538. The van der Waals surface area contributed by atoms with Gasteiger partial charge in [0.05, 0.1) is 4.92 Å². The van der Waals surface area contributed by atoms with E-state index in [9.17, 15) is 14.3 Å². The maximum atomic E-state index is 11.3. The Hall–Kier alpha value is -1.63. The number of nitrogens with one attached hydrogen (secondary N) is 2. The quantitative estimate of drug-likeness (QED) is 0.569. The Balaban J connectivity index is 2.94. The molecule has 112 valence electrons. The Kier molecular flexibility index (Phi) is 6.44. The average Bonchev–Trinajstić information content (AvgIpc) is 2.41. The zero-order chi connectivity index (χ0) is 15.1. The van der Waals surface area contributed by atoms with E-state index in [0.29, 0.717) is 24.5 Å². The summed E-state index contributed by atoms with van der Waals surface area (Å²) in [5.41, 5.74) is 0.996. The molecule has 1 rings (SSSR count). The van der Waals surface area contributed by atoms with Gasteiger partial charge in [-0.1, -0.05) is 13.0 Å². The molecule has 7 heteroatoms. The number of anilines is 2. The Labute approximate surface area is 121 Å². The first kappa shape index (κ1) is 16.4. The van der Waals surface area contributed by atoms with Crippen LogP contribution in [-0.2, 0) is 10.8 Å². The lowest BCUT2D eigenvalue weighted by Crippen LogP contribution is -2.21. The molecule has 6 nitrogen and oxygen atoms in total. The van der Waals surface area contributed by atoms with E-state index in [1.807, 2.05) is 13.8 Å². The molecule has 2 atom stereocenters. The first-order chi connectivity index (χ1) is 9.47. The second-order valence-electron chi connectivity index (χ2n) is 4.58. The predicted octanol–water partition coefficient (Wildman–Crippen LogP) is 2.60. The van der Waals surface area contributed by atoms with E-state index in [4.69, 9.17) is 0 Å². The van der Waals surface area contributed by atoms with Crippen molar-refractivity contribution in [3.8, 4) is 0 Å². The van der Waals surface area contributed by atoms with Gasteiger partial charge >= 0.3 is 5.69 Å². The SMILES string of the molecule is CCCNc1cccc(NCC(C)S(C)=O)c1[N+](=O)[O-]. The van der Waals surface area contributed by atoms with Crippen LogP contribution in [0.25, 0.3) is 0 Å². The van der Waals surface area contributed by atoms with Crippen molar-refractivity contribution < 1.29 is 9.13 Å². The van der Waals surface area contributed by atoms with Gasteiger partial charge < -0.3 is 10.6 Å². The highest BCUT2D eigenvalue weighted by Crippen LogP contribution is 2.32. The van der Waals surface area contributed by atoms with Gasteiger partial charge in [-0.2, -0.15) is 0 Å². The van der Waals surface area contributed by atoms with Crippen LogP contribution in [-0.4, -0.2) is 33.7 Å². The fourth-order valence-corrected chi connectivity index (χ4v) is 1.97. The fourth-order valence-electron chi connectivity index (χ4n) is 1.66. The molecule has 0 amide bonds. The summed E-state index contributed by atoms with van der Waals surface area (Å²) in [5.74, 6) is 0. The van der Waals surface area contributed by atoms with Crippen LogP contribution in [0.5, 0.6) is 0 Å². The Bertz CT molecular complexity index is 494. The van der Waals surface area contributed by atoms with E-state index < -0.39 is 15.7 Å². The lowest BCUT2D eigenvalue weighted by atomic mass is 10.2. The molecular formula is C13H21N3O3S. The number of benzene rings is 1. The van der Waals surface area contributed by atoms with E-state index in [0.717, 1.165) is 6.42 Å². The largest absolute Gasteiger partial charge is 0.379 e. The third kappa shape index (κ3) is 4.48. The molecule has 0 aliphatic carbocycles. The van der Waals surface area contributed by atoms with Gasteiger partial charge in [-0.05, 0) is 25.5 Å². The highest BCUT2D eigenvalue weighted by Gasteiger charge is 2.19. The van der Waals surface area contributed by atoms with Crippen LogP contribution in [0.2, 0.25) is 0 Å². The first-order valence-corrected chi connectivity index (χ1v) is 8.16.